The molecule has 10 heteroatoms. The molecule has 0 aliphatic heterocycles. The van der Waals surface area contributed by atoms with Gasteiger partial charge < -0.3 is 24.6 Å². The van der Waals surface area contributed by atoms with E-state index >= 15 is 0 Å². The van der Waals surface area contributed by atoms with Crippen LogP contribution >= 0.6 is 24.0 Å². The number of benzene rings is 1. The van der Waals surface area contributed by atoms with E-state index in [1.165, 1.54) is 13.2 Å². The van der Waals surface area contributed by atoms with Gasteiger partial charge in [0, 0.05) is 25.2 Å². The van der Waals surface area contributed by atoms with Crippen molar-refractivity contribution in [1.29, 1.82) is 0 Å². The van der Waals surface area contributed by atoms with Crippen LogP contribution in [0.1, 0.15) is 36.8 Å². The monoisotopic (exact) mass is 510 g/mol. The number of aliphatic imine (C=N–C) groups is 1. The molecular weight excluding hydrogens is 485 g/mol. The number of hydrogen-bond donors (Lipinski definition) is 2. The van der Waals surface area contributed by atoms with Crippen molar-refractivity contribution in [2.45, 2.75) is 39.5 Å². The number of guanidine groups is 1. The first-order chi connectivity index (χ1) is 12.9. The van der Waals surface area contributed by atoms with Crippen LogP contribution in [-0.2, 0) is 13.1 Å². The van der Waals surface area contributed by atoms with E-state index in [9.17, 15) is 8.78 Å². The highest BCUT2D eigenvalue weighted by atomic mass is 127. The molecule has 0 saturated heterocycles. The first kappa shape index (κ1) is 23.9. The highest BCUT2D eigenvalue weighted by molar-refractivity contribution is 14.0. The Kier molecular flexibility index (Phi) is 9.97. The molecule has 0 saturated carbocycles. The minimum Gasteiger partial charge on any atom is -0.497 e. The van der Waals surface area contributed by atoms with Gasteiger partial charge in [-0.2, -0.15) is 8.78 Å². The zero-order valence-corrected chi connectivity index (χ0v) is 18.5. The molecule has 0 spiro atoms. The molecule has 2 N–H and O–H groups in total. The van der Waals surface area contributed by atoms with E-state index in [2.05, 4.69) is 25.5 Å². The maximum atomic E-state index is 12.6. The predicted molar refractivity (Wildman–Crippen MR) is 113 cm³/mol. The van der Waals surface area contributed by atoms with E-state index in [1.807, 2.05) is 19.9 Å². The first-order valence-corrected chi connectivity index (χ1v) is 8.44. The number of aromatic nitrogens is 1. The fourth-order valence-electron chi connectivity index (χ4n) is 2.29. The Morgan fingerprint density at radius 2 is 1.93 bits per heavy atom. The van der Waals surface area contributed by atoms with Crippen molar-refractivity contribution in [3.05, 3.63) is 41.3 Å². The van der Waals surface area contributed by atoms with Gasteiger partial charge in [0.15, 0.2) is 11.7 Å². The van der Waals surface area contributed by atoms with Crippen molar-refractivity contribution in [1.82, 2.24) is 15.8 Å². The van der Waals surface area contributed by atoms with E-state index in [1.54, 1.807) is 19.2 Å². The molecule has 2 aromatic rings. The third-order valence-corrected chi connectivity index (χ3v) is 3.75. The molecular formula is C18H25F2IN4O3. The molecule has 1 aromatic heterocycles. The van der Waals surface area contributed by atoms with Crippen LogP contribution in [0.25, 0.3) is 0 Å². The molecule has 2 rings (SSSR count). The smallest absolute Gasteiger partial charge is 0.387 e. The summed E-state index contributed by atoms with van der Waals surface area (Å²) in [6.07, 6.45) is 0. The maximum absolute atomic E-state index is 12.6. The van der Waals surface area contributed by atoms with Crippen molar-refractivity contribution >= 4 is 29.9 Å². The van der Waals surface area contributed by atoms with Gasteiger partial charge in [-0.25, -0.2) is 0 Å². The zero-order chi connectivity index (χ0) is 19.8. The molecule has 0 bridgehead atoms. The molecule has 0 atom stereocenters. The maximum Gasteiger partial charge on any atom is 0.387 e. The van der Waals surface area contributed by atoms with Crippen LogP contribution < -0.4 is 20.1 Å². The molecule has 1 aromatic carbocycles. The van der Waals surface area contributed by atoms with Crippen LogP contribution in [0.2, 0.25) is 0 Å². The third kappa shape index (κ3) is 7.13. The fourth-order valence-corrected chi connectivity index (χ4v) is 2.29. The van der Waals surface area contributed by atoms with E-state index in [-0.39, 0.29) is 42.2 Å². The van der Waals surface area contributed by atoms with Crippen LogP contribution in [0, 0.1) is 0 Å². The lowest BCUT2D eigenvalue weighted by Gasteiger charge is -2.15. The minimum atomic E-state index is -2.91. The van der Waals surface area contributed by atoms with Gasteiger partial charge in [-0.1, -0.05) is 19.0 Å². The van der Waals surface area contributed by atoms with Crippen LogP contribution in [0.3, 0.4) is 0 Å². The van der Waals surface area contributed by atoms with E-state index in [0.29, 0.717) is 29.6 Å². The molecule has 0 fully saturated rings. The largest absolute Gasteiger partial charge is 0.497 e. The molecule has 0 aliphatic rings. The highest BCUT2D eigenvalue weighted by Crippen LogP contribution is 2.25. The van der Waals surface area contributed by atoms with Gasteiger partial charge in [-0.3, -0.25) is 4.99 Å². The van der Waals surface area contributed by atoms with E-state index in [4.69, 9.17) is 9.26 Å². The number of ether oxygens (including phenoxy) is 2. The Morgan fingerprint density at radius 1 is 1.21 bits per heavy atom. The van der Waals surface area contributed by atoms with Crippen LogP contribution in [-0.4, -0.2) is 31.9 Å². The molecule has 7 nitrogen and oxygen atoms in total. The van der Waals surface area contributed by atoms with Gasteiger partial charge in [0.2, 0.25) is 0 Å². The number of rotatable bonds is 8. The van der Waals surface area contributed by atoms with Gasteiger partial charge in [-0.05, 0) is 24.1 Å². The number of hydrogen-bond acceptors (Lipinski definition) is 5. The summed E-state index contributed by atoms with van der Waals surface area (Å²) in [4.78, 5) is 4.11. The Bertz CT molecular complexity index is 769. The first-order valence-electron chi connectivity index (χ1n) is 8.44. The molecule has 28 heavy (non-hydrogen) atoms. The summed E-state index contributed by atoms with van der Waals surface area (Å²) in [5.41, 5.74) is 1.39. The lowest BCUT2D eigenvalue weighted by Crippen LogP contribution is -2.36. The second-order valence-corrected chi connectivity index (χ2v) is 6.00. The lowest BCUT2D eigenvalue weighted by atomic mass is 10.1. The number of halogens is 3. The van der Waals surface area contributed by atoms with Crippen molar-refractivity contribution in [3.8, 4) is 11.5 Å². The third-order valence-electron chi connectivity index (χ3n) is 3.75. The molecule has 0 unspecified atom stereocenters. The molecule has 0 radical (unpaired) electrons. The SMILES string of the molecule is CN=C(NCc1cc(C(C)C)no1)NCc1cc(OC)ccc1OC(F)F.I. The predicted octanol–water partition coefficient (Wildman–Crippen LogP) is 3.89. The van der Waals surface area contributed by atoms with Crippen LogP contribution in [0.5, 0.6) is 11.5 Å². The summed E-state index contributed by atoms with van der Waals surface area (Å²) >= 11 is 0. The van der Waals surface area contributed by atoms with Gasteiger partial charge in [0.25, 0.3) is 0 Å². The lowest BCUT2D eigenvalue weighted by molar-refractivity contribution is -0.0505. The second kappa shape index (κ2) is 11.7. The quantitative estimate of drug-likeness (QED) is 0.319. The normalized spacial score (nSPS) is 11.4. The number of alkyl halides is 2. The van der Waals surface area contributed by atoms with Gasteiger partial charge >= 0.3 is 6.61 Å². The Morgan fingerprint density at radius 3 is 2.50 bits per heavy atom. The summed E-state index contributed by atoms with van der Waals surface area (Å²) in [6.45, 7) is 1.76. The molecule has 0 amide bonds. The van der Waals surface area contributed by atoms with Gasteiger partial charge in [-0.15, -0.1) is 24.0 Å². The van der Waals surface area contributed by atoms with Crippen molar-refractivity contribution in [2.24, 2.45) is 4.99 Å². The Labute approximate surface area is 179 Å². The van der Waals surface area contributed by atoms with E-state index < -0.39 is 6.61 Å². The van der Waals surface area contributed by atoms with Crippen molar-refractivity contribution in [3.63, 3.8) is 0 Å². The van der Waals surface area contributed by atoms with Crippen LogP contribution in [0.4, 0.5) is 8.78 Å². The molecule has 0 aliphatic carbocycles. The molecule has 1 heterocycles. The van der Waals surface area contributed by atoms with E-state index in [0.717, 1.165) is 5.69 Å². The Hall–Kier alpha value is -2.11. The number of nitrogens with zero attached hydrogens (tertiary/aromatic N) is 2. The van der Waals surface area contributed by atoms with Crippen molar-refractivity contribution < 1.29 is 22.8 Å². The van der Waals surface area contributed by atoms with Gasteiger partial charge in [0.05, 0.1) is 19.3 Å². The Balaban J connectivity index is 0.00000392. The van der Waals surface area contributed by atoms with Gasteiger partial charge in [0.1, 0.15) is 11.5 Å². The average molecular weight is 510 g/mol. The summed E-state index contributed by atoms with van der Waals surface area (Å²) in [7, 11) is 3.11. The average Bonchev–Trinajstić information content (AvgIpc) is 3.12. The topological polar surface area (TPSA) is 80.9 Å². The highest BCUT2D eigenvalue weighted by Gasteiger charge is 2.12. The minimum absolute atomic E-state index is 0. The summed E-state index contributed by atoms with van der Waals surface area (Å²) in [5.74, 6) is 2.04. The number of methoxy groups -OCH3 is 1. The standard InChI is InChI=1S/C18H24F2N4O3.HI/c1-11(2)15-8-14(27-24-15)10-23-18(21-3)22-9-12-7-13(25-4)5-6-16(12)26-17(19)20;/h5-8,11,17H,9-10H2,1-4H3,(H2,21,22,23);1H. The number of nitrogens with one attached hydrogen (secondary N) is 2. The summed E-state index contributed by atoms with van der Waals surface area (Å²) in [6, 6.07) is 6.51. The summed E-state index contributed by atoms with van der Waals surface area (Å²) < 4.78 is 40.1. The molecule has 156 valence electrons. The van der Waals surface area contributed by atoms with Crippen LogP contribution in [0.15, 0.2) is 33.8 Å². The fraction of sp³-hybridized carbons (Fsp3) is 0.444. The second-order valence-electron chi connectivity index (χ2n) is 6.00. The zero-order valence-electron chi connectivity index (χ0n) is 16.2. The summed E-state index contributed by atoms with van der Waals surface area (Å²) in [5, 5.41) is 10.1. The van der Waals surface area contributed by atoms with Crippen molar-refractivity contribution in [2.75, 3.05) is 14.2 Å².